The Morgan fingerprint density at radius 2 is 1.76 bits per heavy atom. The largest absolute Gasteiger partial charge is 0.481 e. The molecule has 1 rings (SSSR count). The minimum absolute atomic E-state index is 0.117. The van der Waals surface area contributed by atoms with Gasteiger partial charge >= 0.3 is 11.9 Å². The molecule has 138 valence electrons. The third-order valence-electron chi connectivity index (χ3n) is 3.60. The lowest BCUT2D eigenvalue weighted by Gasteiger charge is -2.17. The van der Waals surface area contributed by atoms with Gasteiger partial charge in [-0.3, -0.25) is 14.4 Å². The average Bonchev–Trinajstić information content (AvgIpc) is 2.89. The number of hydrogen-bond donors (Lipinski definition) is 2. The van der Waals surface area contributed by atoms with E-state index in [0.717, 1.165) is 11.3 Å². The third-order valence-corrected chi connectivity index (χ3v) is 4.80. The molecule has 8 nitrogen and oxygen atoms in total. The van der Waals surface area contributed by atoms with Crippen molar-refractivity contribution in [1.29, 1.82) is 0 Å². The number of ether oxygens (including phenoxy) is 1. The number of hydrogen-bond acceptors (Lipinski definition) is 6. The lowest BCUT2D eigenvalue weighted by atomic mass is 10.1. The van der Waals surface area contributed by atoms with Crippen LogP contribution in [0, 0.1) is 6.92 Å². The topological polar surface area (TPSA) is 113 Å². The lowest BCUT2D eigenvalue weighted by Crippen LogP contribution is -2.30. The van der Waals surface area contributed by atoms with Crippen LogP contribution in [0.2, 0.25) is 0 Å². The predicted octanol–water partition coefficient (Wildman–Crippen LogP) is 2.13. The summed E-state index contributed by atoms with van der Waals surface area (Å²) >= 11 is 0.988. The van der Waals surface area contributed by atoms with Crippen molar-refractivity contribution in [1.82, 2.24) is 4.90 Å². The Kier molecular flexibility index (Phi) is 7.56. The van der Waals surface area contributed by atoms with Crippen molar-refractivity contribution in [3.63, 3.8) is 0 Å². The van der Waals surface area contributed by atoms with Gasteiger partial charge in [-0.15, -0.1) is 11.3 Å². The van der Waals surface area contributed by atoms with Crippen molar-refractivity contribution in [2.75, 3.05) is 25.5 Å². The van der Waals surface area contributed by atoms with Gasteiger partial charge in [-0.2, -0.15) is 0 Å². The second-order valence-electron chi connectivity index (χ2n) is 5.17. The molecule has 0 aliphatic heterocycles. The van der Waals surface area contributed by atoms with Crippen LogP contribution in [0.4, 0.5) is 5.00 Å². The Morgan fingerprint density at radius 3 is 2.24 bits per heavy atom. The molecule has 0 radical (unpaired) electrons. The summed E-state index contributed by atoms with van der Waals surface area (Å²) in [5, 5.41) is 11.4. The molecule has 0 unspecified atom stereocenters. The van der Waals surface area contributed by atoms with Gasteiger partial charge in [-0.25, -0.2) is 4.79 Å². The molecule has 2 N–H and O–H groups in total. The van der Waals surface area contributed by atoms with Crippen LogP contribution >= 0.6 is 11.3 Å². The number of carbonyl (C=O) groups excluding carboxylic acids is 3. The molecule has 0 atom stereocenters. The van der Waals surface area contributed by atoms with Crippen molar-refractivity contribution in [2.24, 2.45) is 0 Å². The normalized spacial score (nSPS) is 10.2. The molecule has 0 fully saturated rings. The van der Waals surface area contributed by atoms with Crippen molar-refractivity contribution >= 4 is 40.1 Å². The summed E-state index contributed by atoms with van der Waals surface area (Å²) < 4.78 is 4.74. The summed E-state index contributed by atoms with van der Waals surface area (Å²) in [7, 11) is 1.21. The molecule has 0 saturated carbocycles. The second-order valence-corrected chi connectivity index (χ2v) is 6.19. The Bertz CT molecular complexity index is 678. The first-order valence-electron chi connectivity index (χ1n) is 7.79. The third kappa shape index (κ3) is 5.02. The lowest BCUT2D eigenvalue weighted by molar-refractivity contribution is -0.138. The van der Waals surface area contributed by atoms with Gasteiger partial charge in [-0.05, 0) is 26.3 Å². The Hall–Kier alpha value is -2.42. The SMILES string of the molecule is CCN(CC)C(=O)c1sc(NC(=O)CCC(=O)O)c(C(=O)OC)c1C. The van der Waals surface area contributed by atoms with E-state index in [2.05, 4.69) is 5.32 Å². The molecular formula is C16H22N2O6S. The van der Waals surface area contributed by atoms with E-state index >= 15 is 0 Å². The number of methoxy groups -OCH3 is 1. The van der Waals surface area contributed by atoms with Gasteiger partial charge in [0.2, 0.25) is 5.91 Å². The minimum atomic E-state index is -1.09. The van der Waals surface area contributed by atoms with Crippen molar-refractivity contribution in [3.8, 4) is 0 Å². The Balaban J connectivity index is 3.21. The molecular weight excluding hydrogens is 348 g/mol. The number of carboxylic acid groups (broad SMARTS) is 1. The fourth-order valence-corrected chi connectivity index (χ4v) is 3.40. The fraction of sp³-hybridized carbons (Fsp3) is 0.500. The molecule has 1 aromatic heterocycles. The van der Waals surface area contributed by atoms with E-state index in [0.29, 0.717) is 23.5 Å². The summed E-state index contributed by atoms with van der Waals surface area (Å²) in [6, 6.07) is 0. The molecule has 0 aliphatic carbocycles. The van der Waals surface area contributed by atoms with Gasteiger partial charge in [0.15, 0.2) is 0 Å². The van der Waals surface area contributed by atoms with Crippen LogP contribution in [-0.4, -0.2) is 54.0 Å². The van der Waals surface area contributed by atoms with Gasteiger partial charge in [0.1, 0.15) is 5.00 Å². The molecule has 2 amide bonds. The number of anilines is 1. The Morgan fingerprint density at radius 1 is 1.16 bits per heavy atom. The number of nitrogens with one attached hydrogen (secondary N) is 1. The molecule has 1 heterocycles. The van der Waals surface area contributed by atoms with Crippen LogP contribution in [0.25, 0.3) is 0 Å². The molecule has 25 heavy (non-hydrogen) atoms. The number of thiophene rings is 1. The molecule has 1 aromatic rings. The van der Waals surface area contributed by atoms with Crippen LogP contribution in [0.15, 0.2) is 0 Å². The van der Waals surface area contributed by atoms with Gasteiger partial charge in [0.25, 0.3) is 5.91 Å². The second kappa shape index (κ2) is 9.16. The number of aliphatic carboxylic acids is 1. The summed E-state index contributed by atoms with van der Waals surface area (Å²) in [4.78, 5) is 49.1. The smallest absolute Gasteiger partial charge is 0.341 e. The van der Waals surface area contributed by atoms with Crippen LogP contribution in [0.3, 0.4) is 0 Å². The summed E-state index contributed by atoms with van der Waals surface area (Å²) in [6.45, 7) is 6.34. The first-order chi connectivity index (χ1) is 11.8. The summed E-state index contributed by atoms with van der Waals surface area (Å²) in [5.74, 6) is -2.54. The monoisotopic (exact) mass is 370 g/mol. The van der Waals surface area contributed by atoms with E-state index in [1.54, 1.807) is 11.8 Å². The molecule has 0 aliphatic rings. The quantitative estimate of drug-likeness (QED) is 0.678. The minimum Gasteiger partial charge on any atom is -0.481 e. The van der Waals surface area contributed by atoms with E-state index in [9.17, 15) is 19.2 Å². The molecule has 9 heteroatoms. The highest BCUT2D eigenvalue weighted by atomic mass is 32.1. The highest BCUT2D eigenvalue weighted by Gasteiger charge is 2.27. The van der Waals surface area contributed by atoms with Gasteiger partial charge < -0.3 is 20.1 Å². The van der Waals surface area contributed by atoms with E-state index in [-0.39, 0.29) is 29.3 Å². The predicted molar refractivity (Wildman–Crippen MR) is 93.1 cm³/mol. The van der Waals surface area contributed by atoms with Crippen molar-refractivity contribution in [2.45, 2.75) is 33.6 Å². The van der Waals surface area contributed by atoms with E-state index in [1.807, 2.05) is 13.8 Å². The average molecular weight is 370 g/mol. The van der Waals surface area contributed by atoms with Gasteiger partial charge in [0.05, 0.1) is 24.0 Å². The number of rotatable bonds is 8. The maximum Gasteiger partial charge on any atom is 0.341 e. The molecule has 0 bridgehead atoms. The van der Waals surface area contributed by atoms with Crippen LogP contribution < -0.4 is 5.32 Å². The van der Waals surface area contributed by atoms with Gasteiger partial charge in [-0.1, -0.05) is 0 Å². The first kappa shape index (κ1) is 20.6. The molecule has 0 spiro atoms. The number of nitrogens with zero attached hydrogens (tertiary/aromatic N) is 1. The van der Waals surface area contributed by atoms with Crippen molar-refractivity contribution in [3.05, 3.63) is 16.0 Å². The molecule has 0 saturated heterocycles. The zero-order chi connectivity index (χ0) is 19.1. The number of carboxylic acids is 1. The number of amides is 2. The summed E-state index contributed by atoms with van der Waals surface area (Å²) in [5.41, 5.74) is 0.550. The van der Waals surface area contributed by atoms with Gasteiger partial charge in [0, 0.05) is 19.5 Å². The number of esters is 1. The summed E-state index contributed by atoms with van der Waals surface area (Å²) in [6.07, 6.45) is -0.554. The van der Waals surface area contributed by atoms with E-state index < -0.39 is 17.8 Å². The maximum atomic E-state index is 12.6. The standard InChI is InChI=1S/C16H22N2O6S/c1-5-18(6-2)15(22)13-9(3)12(16(23)24-4)14(25-13)17-10(19)7-8-11(20)21/h5-8H2,1-4H3,(H,17,19)(H,20,21). The highest BCUT2D eigenvalue weighted by Crippen LogP contribution is 2.34. The Labute approximate surface area is 149 Å². The zero-order valence-electron chi connectivity index (χ0n) is 14.7. The van der Waals surface area contributed by atoms with Crippen LogP contribution in [0.5, 0.6) is 0 Å². The maximum absolute atomic E-state index is 12.6. The van der Waals surface area contributed by atoms with E-state index in [1.165, 1.54) is 7.11 Å². The first-order valence-corrected chi connectivity index (χ1v) is 8.60. The highest BCUT2D eigenvalue weighted by molar-refractivity contribution is 7.18. The van der Waals surface area contributed by atoms with E-state index in [4.69, 9.17) is 9.84 Å². The van der Waals surface area contributed by atoms with Crippen LogP contribution in [-0.2, 0) is 14.3 Å². The molecule has 0 aromatic carbocycles. The van der Waals surface area contributed by atoms with Crippen LogP contribution in [0.1, 0.15) is 52.3 Å². The zero-order valence-corrected chi connectivity index (χ0v) is 15.5. The van der Waals surface area contributed by atoms with Crippen molar-refractivity contribution < 1.29 is 29.0 Å². The number of carbonyl (C=O) groups is 4. The fourth-order valence-electron chi connectivity index (χ4n) is 2.22.